The summed E-state index contributed by atoms with van der Waals surface area (Å²) in [6.07, 6.45) is 0. The van der Waals surface area contributed by atoms with Gasteiger partial charge in [0.05, 0.1) is 0 Å². The average Bonchev–Trinajstić information content (AvgIpc) is 2.26. The smallest absolute Gasteiger partial charge is 0.224 e. The van der Waals surface area contributed by atoms with Gasteiger partial charge in [-0.3, -0.25) is 0 Å². The molecule has 3 nitrogen and oxygen atoms in total. The largest absolute Gasteiger partial charge is 0.439 e. The molecule has 0 saturated heterocycles. The number of halogens is 1. The predicted molar refractivity (Wildman–Crippen MR) is 77.0 cm³/mol. The molecule has 2 rings (SSSR count). The van der Waals surface area contributed by atoms with Crippen molar-refractivity contribution in [3.8, 4) is 11.6 Å². The molecule has 0 N–H and O–H groups in total. The predicted octanol–water partition coefficient (Wildman–Crippen LogP) is 4.53. The van der Waals surface area contributed by atoms with Crippen LogP contribution in [-0.4, -0.2) is 9.97 Å². The van der Waals surface area contributed by atoms with Crippen LogP contribution in [0.4, 0.5) is 0 Å². The first-order chi connectivity index (χ1) is 8.84. The van der Waals surface area contributed by atoms with Crippen molar-refractivity contribution in [2.45, 2.75) is 33.1 Å². The number of benzene rings is 1. The van der Waals surface area contributed by atoms with Gasteiger partial charge in [0, 0.05) is 11.5 Å². The van der Waals surface area contributed by atoms with Crippen molar-refractivity contribution in [3.05, 3.63) is 46.9 Å². The Balaban J connectivity index is 2.33. The molecule has 0 amide bonds. The highest BCUT2D eigenvalue weighted by atomic mass is 35.5. The molecule has 0 saturated carbocycles. The van der Waals surface area contributed by atoms with Crippen molar-refractivity contribution in [2.75, 3.05) is 0 Å². The maximum absolute atomic E-state index is 6.02. The molecule has 19 heavy (non-hydrogen) atoms. The minimum Gasteiger partial charge on any atom is -0.439 e. The van der Waals surface area contributed by atoms with Crippen molar-refractivity contribution in [1.29, 1.82) is 0 Å². The molecular formula is C15H17ClN2O. The van der Waals surface area contributed by atoms with Crippen LogP contribution in [-0.2, 0) is 5.41 Å². The van der Waals surface area contributed by atoms with Gasteiger partial charge in [-0.1, -0.05) is 44.5 Å². The number of aromatic nitrogens is 2. The summed E-state index contributed by atoms with van der Waals surface area (Å²) in [5, 5.41) is 0.391. The molecular weight excluding hydrogens is 260 g/mol. The van der Waals surface area contributed by atoms with Crippen molar-refractivity contribution in [3.63, 3.8) is 0 Å². The van der Waals surface area contributed by atoms with Crippen LogP contribution in [0.5, 0.6) is 11.6 Å². The van der Waals surface area contributed by atoms with Crippen molar-refractivity contribution >= 4 is 11.6 Å². The van der Waals surface area contributed by atoms with Crippen LogP contribution in [0.3, 0.4) is 0 Å². The molecule has 0 aliphatic carbocycles. The van der Waals surface area contributed by atoms with Crippen LogP contribution in [0.15, 0.2) is 30.3 Å². The molecule has 0 radical (unpaired) electrons. The van der Waals surface area contributed by atoms with Gasteiger partial charge in [-0.05, 0) is 24.6 Å². The van der Waals surface area contributed by atoms with E-state index in [9.17, 15) is 0 Å². The summed E-state index contributed by atoms with van der Waals surface area (Å²) in [6.45, 7) is 8.12. The topological polar surface area (TPSA) is 35.0 Å². The minimum atomic E-state index is -0.171. The van der Waals surface area contributed by atoms with E-state index in [-0.39, 0.29) is 5.41 Å². The van der Waals surface area contributed by atoms with E-state index in [1.54, 1.807) is 6.07 Å². The SMILES string of the molecule is Cc1cccc(Oc2cc(Cl)nc(C(C)(C)C)n2)c1. The second-order valence-corrected chi connectivity index (χ2v) is 5.91. The molecule has 0 atom stereocenters. The highest BCUT2D eigenvalue weighted by Gasteiger charge is 2.19. The summed E-state index contributed by atoms with van der Waals surface area (Å²) in [6, 6.07) is 9.42. The lowest BCUT2D eigenvalue weighted by Crippen LogP contribution is -2.16. The Kier molecular flexibility index (Phi) is 3.76. The normalized spacial score (nSPS) is 11.4. The minimum absolute atomic E-state index is 0.171. The van der Waals surface area contributed by atoms with Gasteiger partial charge >= 0.3 is 0 Å². The molecule has 0 fully saturated rings. The van der Waals surface area contributed by atoms with Gasteiger partial charge in [-0.15, -0.1) is 0 Å². The van der Waals surface area contributed by atoms with Crippen molar-refractivity contribution in [1.82, 2.24) is 9.97 Å². The van der Waals surface area contributed by atoms with Crippen LogP contribution >= 0.6 is 11.6 Å². The maximum atomic E-state index is 6.02. The Labute approximate surface area is 118 Å². The van der Waals surface area contributed by atoms with E-state index in [1.165, 1.54) is 0 Å². The van der Waals surface area contributed by atoms with Gasteiger partial charge in [-0.25, -0.2) is 4.98 Å². The summed E-state index contributed by atoms with van der Waals surface area (Å²) in [5.74, 6) is 1.88. The fourth-order valence-corrected chi connectivity index (χ4v) is 1.76. The number of ether oxygens (including phenoxy) is 1. The monoisotopic (exact) mass is 276 g/mol. The van der Waals surface area contributed by atoms with Crippen LogP contribution in [0.2, 0.25) is 5.15 Å². The second-order valence-electron chi connectivity index (χ2n) is 5.52. The molecule has 1 aromatic carbocycles. The van der Waals surface area contributed by atoms with Gasteiger partial charge in [0.1, 0.15) is 16.7 Å². The molecule has 100 valence electrons. The lowest BCUT2D eigenvalue weighted by Gasteiger charge is -2.17. The van der Waals surface area contributed by atoms with Gasteiger partial charge in [0.15, 0.2) is 0 Å². The summed E-state index contributed by atoms with van der Waals surface area (Å²) >= 11 is 6.02. The molecule has 4 heteroatoms. The van der Waals surface area contributed by atoms with Crippen LogP contribution in [0, 0.1) is 6.92 Å². The summed E-state index contributed by atoms with van der Waals surface area (Å²) < 4.78 is 5.74. The van der Waals surface area contributed by atoms with E-state index < -0.39 is 0 Å². The number of hydrogen-bond acceptors (Lipinski definition) is 3. The first-order valence-corrected chi connectivity index (χ1v) is 6.52. The van der Waals surface area contributed by atoms with E-state index in [4.69, 9.17) is 16.3 Å². The first kappa shape index (κ1) is 13.8. The van der Waals surface area contributed by atoms with E-state index in [2.05, 4.69) is 9.97 Å². The Hall–Kier alpha value is -1.61. The maximum Gasteiger partial charge on any atom is 0.224 e. The molecule has 0 aliphatic heterocycles. The zero-order valence-corrected chi connectivity index (χ0v) is 12.3. The molecule has 0 unspecified atom stereocenters. The highest BCUT2D eigenvalue weighted by molar-refractivity contribution is 6.29. The lowest BCUT2D eigenvalue weighted by molar-refractivity contribution is 0.445. The molecule has 0 bridgehead atoms. The van der Waals surface area contributed by atoms with Crippen LogP contribution in [0.1, 0.15) is 32.2 Å². The third kappa shape index (κ3) is 3.67. The molecule has 1 heterocycles. The Morgan fingerprint density at radius 3 is 2.47 bits per heavy atom. The fourth-order valence-electron chi connectivity index (χ4n) is 1.58. The highest BCUT2D eigenvalue weighted by Crippen LogP contribution is 2.26. The van der Waals surface area contributed by atoms with E-state index in [0.29, 0.717) is 16.9 Å². The van der Waals surface area contributed by atoms with Gasteiger partial charge in [0.25, 0.3) is 0 Å². The molecule has 0 aliphatic rings. The summed E-state index contributed by atoms with van der Waals surface area (Å²) in [4.78, 5) is 8.65. The Morgan fingerprint density at radius 2 is 1.84 bits per heavy atom. The zero-order valence-electron chi connectivity index (χ0n) is 11.6. The van der Waals surface area contributed by atoms with E-state index in [0.717, 1.165) is 11.3 Å². The second kappa shape index (κ2) is 5.17. The third-order valence-corrected chi connectivity index (χ3v) is 2.75. The summed E-state index contributed by atoms with van der Waals surface area (Å²) in [7, 11) is 0. The van der Waals surface area contributed by atoms with Gasteiger partial charge in [0.2, 0.25) is 5.88 Å². The first-order valence-electron chi connectivity index (χ1n) is 6.14. The molecule has 0 spiro atoms. The average molecular weight is 277 g/mol. The number of rotatable bonds is 2. The van der Waals surface area contributed by atoms with Crippen molar-refractivity contribution in [2.24, 2.45) is 0 Å². The lowest BCUT2D eigenvalue weighted by atomic mass is 9.96. The summed E-state index contributed by atoms with van der Waals surface area (Å²) in [5.41, 5.74) is 0.962. The zero-order chi connectivity index (χ0) is 14.0. The number of aryl methyl sites for hydroxylation is 1. The number of hydrogen-bond donors (Lipinski definition) is 0. The van der Waals surface area contributed by atoms with E-state index in [1.807, 2.05) is 52.0 Å². The van der Waals surface area contributed by atoms with E-state index >= 15 is 0 Å². The standard InChI is InChI=1S/C15H17ClN2O/c1-10-6-5-7-11(8-10)19-13-9-12(16)17-14(18-13)15(2,3)4/h5-9H,1-4H3. The van der Waals surface area contributed by atoms with Gasteiger partial charge in [-0.2, -0.15) is 4.98 Å². The van der Waals surface area contributed by atoms with Crippen LogP contribution in [0.25, 0.3) is 0 Å². The van der Waals surface area contributed by atoms with Crippen molar-refractivity contribution < 1.29 is 4.74 Å². The fraction of sp³-hybridized carbons (Fsp3) is 0.333. The third-order valence-electron chi connectivity index (χ3n) is 2.55. The number of nitrogens with zero attached hydrogens (tertiary/aromatic N) is 2. The molecule has 1 aromatic heterocycles. The quantitative estimate of drug-likeness (QED) is 0.756. The Morgan fingerprint density at radius 1 is 1.11 bits per heavy atom. The Bertz CT molecular complexity index is 591. The van der Waals surface area contributed by atoms with Crippen LogP contribution < -0.4 is 4.74 Å². The molecule has 2 aromatic rings. The van der Waals surface area contributed by atoms with Gasteiger partial charge < -0.3 is 4.74 Å².